The van der Waals surface area contributed by atoms with Gasteiger partial charge in [-0.2, -0.15) is 0 Å². The second-order valence-corrected chi connectivity index (χ2v) is 3.41. The molecule has 2 heteroatoms. The molecule has 0 fully saturated rings. The predicted octanol–water partition coefficient (Wildman–Crippen LogP) is 2.49. The van der Waals surface area contributed by atoms with Crippen LogP contribution in [0.25, 0.3) is 0 Å². The number of unbranched alkanes of at least 4 members (excludes halogenated alkanes) is 1. The molecule has 0 saturated heterocycles. The smallest absolute Gasteiger partial charge is 0.293 e. The fourth-order valence-corrected chi connectivity index (χ4v) is 1.32. The summed E-state index contributed by atoms with van der Waals surface area (Å²) in [5.74, 6) is 0. The first-order valence-corrected chi connectivity index (χ1v) is 4.94. The Morgan fingerprint density at radius 2 is 1.93 bits per heavy atom. The van der Waals surface area contributed by atoms with E-state index in [9.17, 15) is 4.79 Å². The molecule has 0 aromatic heterocycles. The Bertz CT molecular complexity index is 264. The van der Waals surface area contributed by atoms with E-state index >= 15 is 0 Å². The lowest BCUT2D eigenvalue weighted by molar-refractivity contribution is -0.128. The van der Waals surface area contributed by atoms with Gasteiger partial charge in [0.1, 0.15) is 0 Å². The van der Waals surface area contributed by atoms with Crippen molar-refractivity contribution in [3.8, 4) is 0 Å². The number of rotatable bonds is 6. The molecule has 2 nitrogen and oxygen atoms in total. The molecule has 0 aliphatic heterocycles. The van der Waals surface area contributed by atoms with Gasteiger partial charge in [-0.05, 0) is 31.7 Å². The average molecular weight is 192 g/mol. The van der Waals surface area contributed by atoms with E-state index in [1.54, 1.807) is 0 Å². The van der Waals surface area contributed by atoms with Gasteiger partial charge in [0.2, 0.25) is 0 Å². The molecule has 0 spiro atoms. The first-order chi connectivity index (χ1) is 6.83. The highest BCUT2D eigenvalue weighted by atomic mass is 16.5. The van der Waals surface area contributed by atoms with Crippen molar-refractivity contribution in [2.45, 2.75) is 26.2 Å². The van der Waals surface area contributed by atoms with Gasteiger partial charge in [-0.15, -0.1) is 0 Å². The topological polar surface area (TPSA) is 26.3 Å². The van der Waals surface area contributed by atoms with Gasteiger partial charge in [-0.1, -0.05) is 29.8 Å². The summed E-state index contributed by atoms with van der Waals surface area (Å²) in [5.41, 5.74) is 2.64. The highest BCUT2D eigenvalue weighted by molar-refractivity contribution is 5.36. The van der Waals surface area contributed by atoms with E-state index < -0.39 is 0 Å². The molecule has 0 bridgehead atoms. The van der Waals surface area contributed by atoms with Gasteiger partial charge in [0.15, 0.2) is 0 Å². The number of hydrogen-bond donors (Lipinski definition) is 0. The van der Waals surface area contributed by atoms with E-state index in [0.717, 1.165) is 19.3 Å². The molecule has 14 heavy (non-hydrogen) atoms. The first-order valence-electron chi connectivity index (χ1n) is 4.94. The minimum Gasteiger partial charge on any atom is -0.468 e. The van der Waals surface area contributed by atoms with E-state index in [2.05, 4.69) is 35.9 Å². The van der Waals surface area contributed by atoms with Crippen molar-refractivity contribution in [2.24, 2.45) is 0 Å². The first kappa shape index (κ1) is 10.8. The molecule has 0 N–H and O–H groups in total. The third-order valence-electron chi connectivity index (χ3n) is 2.17. The minimum atomic E-state index is 0.506. The van der Waals surface area contributed by atoms with Gasteiger partial charge in [0, 0.05) is 0 Å². The molecular formula is C12H16O2. The summed E-state index contributed by atoms with van der Waals surface area (Å²) >= 11 is 0. The molecule has 0 aliphatic carbocycles. The van der Waals surface area contributed by atoms with Crippen LogP contribution in [0.4, 0.5) is 0 Å². The number of ether oxygens (including phenoxy) is 1. The van der Waals surface area contributed by atoms with Crippen molar-refractivity contribution >= 4 is 6.47 Å². The number of aryl methyl sites for hydroxylation is 2. The van der Waals surface area contributed by atoms with E-state index in [1.807, 2.05) is 0 Å². The largest absolute Gasteiger partial charge is 0.468 e. The van der Waals surface area contributed by atoms with Crippen LogP contribution in [0, 0.1) is 6.92 Å². The maximum absolute atomic E-state index is 9.85. The fourth-order valence-electron chi connectivity index (χ4n) is 1.32. The van der Waals surface area contributed by atoms with Crippen LogP contribution in [0.5, 0.6) is 0 Å². The second-order valence-electron chi connectivity index (χ2n) is 3.41. The van der Waals surface area contributed by atoms with E-state index in [-0.39, 0.29) is 0 Å². The van der Waals surface area contributed by atoms with Crippen LogP contribution >= 0.6 is 0 Å². The number of carbonyl (C=O) groups is 1. The van der Waals surface area contributed by atoms with E-state index in [0.29, 0.717) is 13.1 Å². The van der Waals surface area contributed by atoms with Crippen LogP contribution in [0.3, 0.4) is 0 Å². The van der Waals surface area contributed by atoms with Gasteiger partial charge in [0.05, 0.1) is 6.61 Å². The molecule has 0 aliphatic rings. The molecule has 0 amide bonds. The molecule has 1 aromatic rings. The van der Waals surface area contributed by atoms with Crippen LogP contribution in [-0.4, -0.2) is 13.1 Å². The predicted molar refractivity (Wildman–Crippen MR) is 56.1 cm³/mol. The Morgan fingerprint density at radius 1 is 1.21 bits per heavy atom. The zero-order valence-electron chi connectivity index (χ0n) is 8.53. The van der Waals surface area contributed by atoms with Crippen molar-refractivity contribution in [3.63, 3.8) is 0 Å². The van der Waals surface area contributed by atoms with E-state index in [4.69, 9.17) is 0 Å². The van der Waals surface area contributed by atoms with Crippen molar-refractivity contribution in [1.29, 1.82) is 0 Å². The Labute approximate surface area is 84.9 Å². The molecule has 0 atom stereocenters. The quantitative estimate of drug-likeness (QED) is 0.511. The van der Waals surface area contributed by atoms with Crippen molar-refractivity contribution in [2.75, 3.05) is 6.61 Å². The molecule has 0 unspecified atom stereocenters. The monoisotopic (exact) mass is 192 g/mol. The zero-order chi connectivity index (χ0) is 10.2. The lowest BCUT2D eigenvalue weighted by Gasteiger charge is -2.01. The third kappa shape index (κ3) is 4.08. The van der Waals surface area contributed by atoms with Crippen molar-refractivity contribution in [1.82, 2.24) is 0 Å². The molecule has 0 radical (unpaired) electrons. The standard InChI is InChI=1S/C12H16O2/c1-11-5-7-12(8-6-11)4-2-3-9-14-10-13/h5-8,10H,2-4,9H2,1H3. The Kier molecular flexibility index (Phi) is 4.76. The van der Waals surface area contributed by atoms with Crippen molar-refractivity contribution < 1.29 is 9.53 Å². The summed E-state index contributed by atoms with van der Waals surface area (Å²) in [4.78, 5) is 9.85. The van der Waals surface area contributed by atoms with Gasteiger partial charge in [0.25, 0.3) is 6.47 Å². The molecular weight excluding hydrogens is 176 g/mol. The maximum Gasteiger partial charge on any atom is 0.293 e. The van der Waals surface area contributed by atoms with E-state index in [1.165, 1.54) is 11.1 Å². The zero-order valence-corrected chi connectivity index (χ0v) is 8.53. The number of benzene rings is 1. The molecule has 76 valence electrons. The van der Waals surface area contributed by atoms with Crippen LogP contribution in [0.1, 0.15) is 24.0 Å². The summed E-state index contributed by atoms with van der Waals surface area (Å²) in [5, 5.41) is 0. The van der Waals surface area contributed by atoms with Crippen molar-refractivity contribution in [3.05, 3.63) is 35.4 Å². The van der Waals surface area contributed by atoms with Crippen LogP contribution in [0.15, 0.2) is 24.3 Å². The lowest BCUT2D eigenvalue weighted by atomic mass is 10.1. The number of hydrogen-bond acceptors (Lipinski definition) is 2. The van der Waals surface area contributed by atoms with Crippen LogP contribution in [-0.2, 0) is 16.0 Å². The summed E-state index contributed by atoms with van der Waals surface area (Å²) in [6.07, 6.45) is 3.06. The van der Waals surface area contributed by atoms with Gasteiger partial charge < -0.3 is 4.74 Å². The maximum atomic E-state index is 9.85. The lowest BCUT2D eigenvalue weighted by Crippen LogP contribution is -1.93. The highest BCUT2D eigenvalue weighted by Gasteiger charge is 1.93. The molecule has 0 saturated carbocycles. The summed E-state index contributed by atoms with van der Waals surface area (Å²) in [6, 6.07) is 8.54. The van der Waals surface area contributed by atoms with Gasteiger partial charge in [-0.3, -0.25) is 4.79 Å². The second kappa shape index (κ2) is 6.19. The van der Waals surface area contributed by atoms with Crippen LogP contribution < -0.4 is 0 Å². The number of carbonyl (C=O) groups excluding carboxylic acids is 1. The average Bonchev–Trinajstić information content (AvgIpc) is 2.21. The molecule has 1 rings (SSSR count). The third-order valence-corrected chi connectivity index (χ3v) is 2.17. The molecule has 1 aromatic carbocycles. The SMILES string of the molecule is Cc1ccc(CCCCOC=O)cc1. The Morgan fingerprint density at radius 3 is 2.57 bits per heavy atom. The summed E-state index contributed by atoms with van der Waals surface area (Å²) in [6.45, 7) is 3.13. The Hall–Kier alpha value is -1.31. The molecule has 0 heterocycles. The van der Waals surface area contributed by atoms with Crippen LogP contribution in [0.2, 0.25) is 0 Å². The summed E-state index contributed by atoms with van der Waals surface area (Å²) in [7, 11) is 0. The normalized spacial score (nSPS) is 9.79. The Balaban J connectivity index is 2.18. The summed E-state index contributed by atoms with van der Waals surface area (Å²) < 4.78 is 4.61. The van der Waals surface area contributed by atoms with Gasteiger partial charge >= 0.3 is 0 Å². The highest BCUT2D eigenvalue weighted by Crippen LogP contribution is 2.06. The van der Waals surface area contributed by atoms with Gasteiger partial charge in [-0.25, -0.2) is 0 Å². The fraction of sp³-hybridized carbons (Fsp3) is 0.417. The minimum absolute atomic E-state index is 0.506.